The maximum absolute atomic E-state index is 9.66. The number of benzene rings is 1. The van der Waals surface area contributed by atoms with E-state index in [1.807, 2.05) is 18.2 Å². The van der Waals surface area contributed by atoms with Crippen LogP contribution in [0.4, 0.5) is 0 Å². The fraction of sp³-hybridized carbons (Fsp3) is 0.600. The van der Waals surface area contributed by atoms with Gasteiger partial charge < -0.3 is 19.5 Å². The minimum atomic E-state index is -0.498. The van der Waals surface area contributed by atoms with Crippen molar-refractivity contribution < 1.29 is 14.6 Å². The van der Waals surface area contributed by atoms with Crippen molar-refractivity contribution >= 4 is 0 Å². The van der Waals surface area contributed by atoms with Crippen LogP contribution in [0, 0.1) is 0 Å². The molecule has 0 aliphatic carbocycles. The van der Waals surface area contributed by atoms with Gasteiger partial charge in [-0.1, -0.05) is 6.07 Å². The SMILES string of the molecule is COc1ccc(C(C)O)cc1OC1CCCN(C)C1. The van der Waals surface area contributed by atoms with E-state index in [4.69, 9.17) is 9.47 Å². The first kappa shape index (κ1) is 14.2. The summed E-state index contributed by atoms with van der Waals surface area (Å²) in [4.78, 5) is 2.28. The molecule has 1 aromatic rings. The predicted molar refractivity (Wildman–Crippen MR) is 74.8 cm³/mol. The summed E-state index contributed by atoms with van der Waals surface area (Å²) in [6, 6.07) is 5.59. The number of nitrogens with zero attached hydrogens (tertiary/aromatic N) is 1. The highest BCUT2D eigenvalue weighted by molar-refractivity contribution is 5.43. The van der Waals surface area contributed by atoms with Crippen LogP contribution in [0.15, 0.2) is 18.2 Å². The number of aliphatic hydroxyl groups excluding tert-OH is 1. The number of hydrogen-bond donors (Lipinski definition) is 1. The van der Waals surface area contributed by atoms with Gasteiger partial charge in [-0.2, -0.15) is 0 Å². The number of piperidine rings is 1. The fourth-order valence-corrected chi connectivity index (χ4v) is 2.44. The second-order valence-corrected chi connectivity index (χ2v) is 5.23. The first-order valence-electron chi connectivity index (χ1n) is 6.81. The summed E-state index contributed by atoms with van der Waals surface area (Å²) in [5.41, 5.74) is 0.847. The Kier molecular flexibility index (Phi) is 4.66. The van der Waals surface area contributed by atoms with Crippen LogP contribution in [0.5, 0.6) is 11.5 Å². The zero-order valence-corrected chi connectivity index (χ0v) is 11.9. The second kappa shape index (κ2) is 6.26. The lowest BCUT2D eigenvalue weighted by atomic mass is 10.1. The molecule has 0 spiro atoms. The molecule has 1 saturated heterocycles. The maximum Gasteiger partial charge on any atom is 0.162 e. The minimum Gasteiger partial charge on any atom is -0.493 e. The van der Waals surface area contributed by atoms with Crippen molar-refractivity contribution in [1.82, 2.24) is 4.90 Å². The summed E-state index contributed by atoms with van der Waals surface area (Å²) in [6.45, 7) is 3.81. The number of hydrogen-bond acceptors (Lipinski definition) is 4. The van der Waals surface area contributed by atoms with Crippen LogP contribution in [0.2, 0.25) is 0 Å². The van der Waals surface area contributed by atoms with Gasteiger partial charge in [0, 0.05) is 6.54 Å². The Morgan fingerprint density at radius 2 is 2.16 bits per heavy atom. The molecule has 0 radical (unpaired) electrons. The molecular formula is C15H23NO3. The molecule has 4 heteroatoms. The highest BCUT2D eigenvalue weighted by atomic mass is 16.5. The molecule has 0 bridgehead atoms. The average Bonchev–Trinajstić information content (AvgIpc) is 2.38. The van der Waals surface area contributed by atoms with E-state index >= 15 is 0 Å². The van der Waals surface area contributed by atoms with Gasteiger partial charge in [-0.3, -0.25) is 0 Å². The molecule has 2 unspecified atom stereocenters. The average molecular weight is 265 g/mol. The molecule has 4 nitrogen and oxygen atoms in total. The van der Waals surface area contributed by atoms with E-state index in [-0.39, 0.29) is 6.10 Å². The maximum atomic E-state index is 9.66. The zero-order chi connectivity index (χ0) is 13.8. The summed E-state index contributed by atoms with van der Waals surface area (Å²) in [5.74, 6) is 1.44. The van der Waals surface area contributed by atoms with Crippen LogP contribution in [-0.2, 0) is 0 Å². The molecule has 2 atom stereocenters. The lowest BCUT2D eigenvalue weighted by Gasteiger charge is -2.30. The quantitative estimate of drug-likeness (QED) is 0.906. The van der Waals surface area contributed by atoms with Crippen molar-refractivity contribution in [2.24, 2.45) is 0 Å². The zero-order valence-electron chi connectivity index (χ0n) is 11.9. The van der Waals surface area contributed by atoms with Crippen molar-refractivity contribution in [3.8, 4) is 11.5 Å². The molecule has 19 heavy (non-hydrogen) atoms. The molecule has 1 aliphatic rings. The molecule has 0 saturated carbocycles. The number of aliphatic hydroxyl groups is 1. The van der Waals surface area contributed by atoms with Gasteiger partial charge in [0.25, 0.3) is 0 Å². The van der Waals surface area contributed by atoms with E-state index in [1.165, 1.54) is 0 Å². The summed E-state index contributed by atoms with van der Waals surface area (Å²) < 4.78 is 11.4. The molecule has 1 aromatic carbocycles. The monoisotopic (exact) mass is 265 g/mol. The minimum absolute atomic E-state index is 0.192. The Morgan fingerprint density at radius 1 is 1.37 bits per heavy atom. The standard InChI is InChI=1S/C15H23NO3/c1-11(17)12-6-7-14(18-3)15(9-12)19-13-5-4-8-16(2)10-13/h6-7,9,11,13,17H,4-5,8,10H2,1-3H3. The van der Waals surface area contributed by atoms with Gasteiger partial charge in [-0.15, -0.1) is 0 Å². The summed E-state index contributed by atoms with van der Waals surface area (Å²) >= 11 is 0. The molecule has 0 amide bonds. The van der Waals surface area contributed by atoms with Gasteiger partial charge in [-0.25, -0.2) is 0 Å². The Bertz CT molecular complexity index is 420. The van der Waals surface area contributed by atoms with Gasteiger partial charge in [0.2, 0.25) is 0 Å². The molecule has 1 heterocycles. The van der Waals surface area contributed by atoms with E-state index < -0.39 is 6.10 Å². The number of likely N-dealkylation sites (N-methyl/N-ethyl adjacent to an activating group) is 1. The lowest BCUT2D eigenvalue weighted by molar-refractivity contribution is 0.101. The lowest BCUT2D eigenvalue weighted by Crippen LogP contribution is -2.38. The molecule has 1 N–H and O–H groups in total. The Labute approximate surface area is 114 Å². The third-order valence-electron chi connectivity index (χ3n) is 3.54. The summed E-state index contributed by atoms with van der Waals surface area (Å²) in [7, 11) is 3.75. The van der Waals surface area contributed by atoms with Crippen LogP contribution in [-0.4, -0.2) is 43.4 Å². The van der Waals surface area contributed by atoms with Crippen molar-refractivity contribution in [2.45, 2.75) is 32.0 Å². The molecule has 106 valence electrons. The van der Waals surface area contributed by atoms with Crippen molar-refractivity contribution in [3.05, 3.63) is 23.8 Å². The van der Waals surface area contributed by atoms with Crippen LogP contribution in [0.1, 0.15) is 31.4 Å². The first-order valence-corrected chi connectivity index (χ1v) is 6.81. The predicted octanol–water partition coefficient (Wildman–Crippen LogP) is 2.22. The Hall–Kier alpha value is -1.26. The van der Waals surface area contributed by atoms with Gasteiger partial charge in [-0.05, 0) is 51.1 Å². The number of methoxy groups -OCH3 is 1. The van der Waals surface area contributed by atoms with Crippen LogP contribution in [0.25, 0.3) is 0 Å². The molecule has 2 rings (SSSR count). The summed E-state index contributed by atoms with van der Waals surface area (Å²) in [6.07, 6.45) is 1.91. The molecular weight excluding hydrogens is 242 g/mol. The number of ether oxygens (including phenoxy) is 2. The van der Waals surface area contributed by atoms with Crippen LogP contribution >= 0.6 is 0 Å². The van der Waals surface area contributed by atoms with Crippen molar-refractivity contribution in [1.29, 1.82) is 0 Å². The molecule has 1 aliphatic heterocycles. The highest BCUT2D eigenvalue weighted by Crippen LogP contribution is 2.32. The van der Waals surface area contributed by atoms with Gasteiger partial charge in [0.1, 0.15) is 6.10 Å². The largest absolute Gasteiger partial charge is 0.493 e. The van der Waals surface area contributed by atoms with E-state index in [9.17, 15) is 5.11 Å². The van der Waals surface area contributed by atoms with Gasteiger partial charge >= 0.3 is 0 Å². The first-order chi connectivity index (χ1) is 9.10. The third-order valence-corrected chi connectivity index (χ3v) is 3.54. The Morgan fingerprint density at radius 3 is 2.79 bits per heavy atom. The third kappa shape index (κ3) is 3.61. The number of likely N-dealkylation sites (tertiary alicyclic amines) is 1. The smallest absolute Gasteiger partial charge is 0.162 e. The van der Waals surface area contributed by atoms with E-state index in [0.717, 1.165) is 43.0 Å². The van der Waals surface area contributed by atoms with Crippen molar-refractivity contribution in [3.63, 3.8) is 0 Å². The topological polar surface area (TPSA) is 41.9 Å². The van der Waals surface area contributed by atoms with Crippen LogP contribution < -0.4 is 9.47 Å². The van der Waals surface area contributed by atoms with E-state index in [2.05, 4.69) is 11.9 Å². The van der Waals surface area contributed by atoms with Gasteiger partial charge in [0.15, 0.2) is 11.5 Å². The van der Waals surface area contributed by atoms with Gasteiger partial charge in [0.05, 0.1) is 13.2 Å². The molecule has 1 fully saturated rings. The highest BCUT2D eigenvalue weighted by Gasteiger charge is 2.20. The van der Waals surface area contributed by atoms with E-state index in [0.29, 0.717) is 0 Å². The molecule has 0 aromatic heterocycles. The Balaban J connectivity index is 2.14. The number of rotatable bonds is 4. The second-order valence-electron chi connectivity index (χ2n) is 5.23. The normalized spacial score (nSPS) is 22.0. The van der Waals surface area contributed by atoms with Crippen molar-refractivity contribution in [2.75, 3.05) is 27.2 Å². The summed E-state index contributed by atoms with van der Waals surface area (Å²) in [5, 5.41) is 9.66. The fourth-order valence-electron chi connectivity index (χ4n) is 2.44. The van der Waals surface area contributed by atoms with E-state index in [1.54, 1.807) is 14.0 Å². The van der Waals surface area contributed by atoms with Crippen LogP contribution in [0.3, 0.4) is 0 Å².